The lowest BCUT2D eigenvalue weighted by Gasteiger charge is -2.19. The predicted octanol–water partition coefficient (Wildman–Crippen LogP) is 5.19. The molecular formula is C24H36N2O. The first-order chi connectivity index (χ1) is 13.2. The number of rotatable bonds is 1. The molecule has 0 aliphatic carbocycles. The molecule has 0 fully saturated rings. The fourth-order valence-electron chi connectivity index (χ4n) is 3.24. The number of carbonyl (C=O) groups is 1. The van der Waals surface area contributed by atoms with Gasteiger partial charge in [0.25, 0.3) is 5.91 Å². The molecule has 0 saturated heterocycles. The fraction of sp³-hybridized carbons (Fsp3) is 0.458. The van der Waals surface area contributed by atoms with E-state index in [1.807, 2.05) is 52.8 Å². The molecule has 2 aliphatic rings. The van der Waals surface area contributed by atoms with Crippen LogP contribution in [0.2, 0.25) is 0 Å². The summed E-state index contributed by atoms with van der Waals surface area (Å²) in [6, 6.07) is 12.6. The number of amides is 1. The van der Waals surface area contributed by atoms with Gasteiger partial charge >= 0.3 is 0 Å². The second-order valence-electron chi connectivity index (χ2n) is 6.18. The zero-order chi connectivity index (χ0) is 20.2. The van der Waals surface area contributed by atoms with Gasteiger partial charge in [0.1, 0.15) is 0 Å². The van der Waals surface area contributed by atoms with Crippen LogP contribution in [0.5, 0.6) is 0 Å². The predicted molar refractivity (Wildman–Crippen MR) is 116 cm³/mol. The highest BCUT2D eigenvalue weighted by Crippen LogP contribution is 2.18. The van der Waals surface area contributed by atoms with Crippen molar-refractivity contribution in [3.63, 3.8) is 0 Å². The van der Waals surface area contributed by atoms with Crippen LogP contribution in [0, 0.1) is 6.92 Å². The fourth-order valence-corrected chi connectivity index (χ4v) is 3.24. The second kappa shape index (κ2) is 12.3. The van der Waals surface area contributed by atoms with Crippen LogP contribution >= 0.6 is 0 Å². The molecule has 2 heterocycles. The average Bonchev–Trinajstić information content (AvgIpc) is 3.11. The number of benzene rings is 2. The first-order valence-corrected chi connectivity index (χ1v) is 10.4. The highest BCUT2D eigenvalue weighted by Gasteiger charge is 2.17. The molecule has 2 aromatic carbocycles. The largest absolute Gasteiger partial charge is 0.348 e. The summed E-state index contributed by atoms with van der Waals surface area (Å²) in [7, 11) is 0. The van der Waals surface area contributed by atoms with Crippen molar-refractivity contribution in [2.45, 2.75) is 67.5 Å². The number of nitrogens with one attached hydrogen (secondary N) is 2. The number of fused-ring (bicyclic) bond motifs is 2. The van der Waals surface area contributed by atoms with Crippen LogP contribution in [-0.4, -0.2) is 12.5 Å². The van der Waals surface area contributed by atoms with Crippen molar-refractivity contribution in [1.82, 2.24) is 10.6 Å². The summed E-state index contributed by atoms with van der Waals surface area (Å²) in [5, 5.41) is 6.19. The van der Waals surface area contributed by atoms with E-state index in [4.69, 9.17) is 0 Å². The lowest BCUT2D eigenvalue weighted by atomic mass is 9.95. The monoisotopic (exact) mass is 368 g/mol. The van der Waals surface area contributed by atoms with Gasteiger partial charge in [-0.1, -0.05) is 70.5 Å². The van der Waals surface area contributed by atoms with Gasteiger partial charge in [-0.2, -0.15) is 0 Å². The molecule has 0 radical (unpaired) electrons. The van der Waals surface area contributed by atoms with E-state index in [1.54, 1.807) is 11.1 Å². The molecule has 2 aromatic rings. The molecule has 0 aromatic heterocycles. The Hall–Kier alpha value is -2.13. The lowest BCUT2D eigenvalue weighted by Crippen LogP contribution is -2.24. The van der Waals surface area contributed by atoms with Gasteiger partial charge in [0.05, 0.1) is 0 Å². The third-order valence-electron chi connectivity index (χ3n) is 4.57. The minimum Gasteiger partial charge on any atom is -0.348 e. The molecule has 2 N–H and O–H groups in total. The Bertz CT molecular complexity index is 708. The first-order valence-electron chi connectivity index (χ1n) is 10.4. The normalized spacial score (nSPS) is 13.3. The van der Waals surface area contributed by atoms with E-state index in [2.05, 4.69) is 35.8 Å². The summed E-state index contributed by atoms with van der Waals surface area (Å²) in [4.78, 5) is 11.1. The molecule has 0 bridgehead atoms. The molecule has 0 spiro atoms. The minimum atomic E-state index is 0.0590. The van der Waals surface area contributed by atoms with E-state index < -0.39 is 0 Å². The summed E-state index contributed by atoms with van der Waals surface area (Å²) >= 11 is 0. The van der Waals surface area contributed by atoms with Crippen LogP contribution in [0.25, 0.3) is 0 Å². The van der Waals surface area contributed by atoms with Gasteiger partial charge in [0.2, 0.25) is 0 Å². The van der Waals surface area contributed by atoms with Crippen molar-refractivity contribution >= 4 is 5.91 Å². The van der Waals surface area contributed by atoms with E-state index in [-0.39, 0.29) is 5.91 Å². The molecule has 4 rings (SSSR count). The quantitative estimate of drug-likeness (QED) is 0.728. The van der Waals surface area contributed by atoms with Crippen molar-refractivity contribution in [3.8, 4) is 0 Å². The highest BCUT2D eigenvalue weighted by molar-refractivity contribution is 5.98. The Morgan fingerprint density at radius 1 is 0.963 bits per heavy atom. The molecule has 0 atom stereocenters. The van der Waals surface area contributed by atoms with Crippen LogP contribution in [0.15, 0.2) is 36.4 Å². The van der Waals surface area contributed by atoms with E-state index in [1.165, 1.54) is 12.0 Å². The van der Waals surface area contributed by atoms with Gasteiger partial charge in [-0.15, -0.1) is 0 Å². The maximum atomic E-state index is 11.1. The Labute approximate surface area is 165 Å². The van der Waals surface area contributed by atoms with Gasteiger partial charge in [0, 0.05) is 18.7 Å². The van der Waals surface area contributed by atoms with E-state index in [0.717, 1.165) is 36.2 Å². The summed E-state index contributed by atoms with van der Waals surface area (Å²) in [5.74, 6) is 0.0590. The standard InChI is InChI=1S/C11H15N.C9H9NO.2C2H6/c1-2-9-4-3-5-10-6-7-12-8-11(9)10;1-6-2-3-7-5-10-9(11)8(7)4-6;2*1-2/h3-5,12H,2,6-8H2,1H3;2-4H,5H2,1H3,(H,10,11);2*1-2H3. The Balaban J connectivity index is 0.000000229. The van der Waals surface area contributed by atoms with Gasteiger partial charge in [-0.25, -0.2) is 0 Å². The number of hydrogen-bond acceptors (Lipinski definition) is 2. The first kappa shape index (κ1) is 22.9. The molecule has 0 unspecified atom stereocenters. The Morgan fingerprint density at radius 2 is 1.70 bits per heavy atom. The van der Waals surface area contributed by atoms with Gasteiger partial charge < -0.3 is 10.6 Å². The smallest absolute Gasteiger partial charge is 0.251 e. The summed E-state index contributed by atoms with van der Waals surface area (Å²) < 4.78 is 0. The molecule has 3 nitrogen and oxygen atoms in total. The molecular weight excluding hydrogens is 332 g/mol. The zero-order valence-electron chi connectivity index (χ0n) is 17.9. The summed E-state index contributed by atoms with van der Waals surface area (Å²) in [5.41, 5.74) is 7.70. The Morgan fingerprint density at radius 3 is 2.41 bits per heavy atom. The molecule has 1 amide bonds. The van der Waals surface area contributed by atoms with Gasteiger partial charge in [-0.05, 0) is 54.6 Å². The van der Waals surface area contributed by atoms with E-state index in [9.17, 15) is 4.79 Å². The lowest BCUT2D eigenvalue weighted by molar-refractivity contribution is 0.0965. The maximum absolute atomic E-state index is 11.1. The molecule has 0 saturated carbocycles. The number of carbonyl (C=O) groups excluding carboxylic acids is 1. The number of hydrogen-bond donors (Lipinski definition) is 2. The third-order valence-corrected chi connectivity index (χ3v) is 4.57. The average molecular weight is 369 g/mol. The summed E-state index contributed by atoms with van der Waals surface area (Å²) in [6.07, 6.45) is 2.36. The van der Waals surface area contributed by atoms with Crippen molar-refractivity contribution < 1.29 is 4.79 Å². The Kier molecular flexibility index (Phi) is 10.4. The maximum Gasteiger partial charge on any atom is 0.251 e. The van der Waals surface area contributed by atoms with E-state index >= 15 is 0 Å². The molecule has 2 aliphatic heterocycles. The molecule has 3 heteroatoms. The topological polar surface area (TPSA) is 41.1 Å². The van der Waals surface area contributed by atoms with Crippen molar-refractivity contribution in [2.24, 2.45) is 0 Å². The van der Waals surface area contributed by atoms with Gasteiger partial charge in [-0.3, -0.25) is 4.79 Å². The molecule has 148 valence electrons. The third kappa shape index (κ3) is 6.21. The van der Waals surface area contributed by atoms with Crippen molar-refractivity contribution in [1.29, 1.82) is 0 Å². The van der Waals surface area contributed by atoms with Crippen LogP contribution in [0.4, 0.5) is 0 Å². The van der Waals surface area contributed by atoms with Crippen molar-refractivity contribution in [3.05, 3.63) is 69.8 Å². The molecule has 27 heavy (non-hydrogen) atoms. The van der Waals surface area contributed by atoms with Crippen LogP contribution < -0.4 is 10.6 Å². The zero-order valence-corrected chi connectivity index (χ0v) is 17.9. The SMILES string of the molecule is CC.CC.CCc1cccc2c1CNCC2.Cc1ccc2c(c1)C(=O)NC2. The van der Waals surface area contributed by atoms with Gasteiger partial charge in [0.15, 0.2) is 0 Å². The van der Waals surface area contributed by atoms with Crippen LogP contribution in [0.1, 0.15) is 72.8 Å². The van der Waals surface area contributed by atoms with Crippen LogP contribution in [-0.2, 0) is 25.9 Å². The second-order valence-corrected chi connectivity index (χ2v) is 6.18. The van der Waals surface area contributed by atoms with E-state index in [0.29, 0.717) is 6.54 Å². The minimum absolute atomic E-state index is 0.0590. The summed E-state index contributed by atoms with van der Waals surface area (Å²) in [6.45, 7) is 15.1. The number of aryl methyl sites for hydroxylation is 2. The van der Waals surface area contributed by atoms with Crippen molar-refractivity contribution in [2.75, 3.05) is 6.54 Å². The van der Waals surface area contributed by atoms with Crippen LogP contribution in [0.3, 0.4) is 0 Å². The highest BCUT2D eigenvalue weighted by atomic mass is 16.1.